The van der Waals surface area contributed by atoms with Crippen LogP contribution in [0.4, 0.5) is 0 Å². The number of aromatic hydroxyl groups is 1. The molecule has 8 nitrogen and oxygen atoms in total. The van der Waals surface area contributed by atoms with E-state index in [2.05, 4.69) is 15.5 Å². The number of hydrogen-bond donors (Lipinski definition) is 3. The lowest BCUT2D eigenvalue weighted by Gasteiger charge is -2.06. The van der Waals surface area contributed by atoms with E-state index >= 15 is 0 Å². The molecular weight excluding hydrogens is 350 g/mol. The van der Waals surface area contributed by atoms with Crippen molar-refractivity contribution in [1.82, 2.24) is 10.4 Å². The zero-order valence-corrected chi connectivity index (χ0v) is 15.1. The lowest BCUT2D eigenvalue weighted by Crippen LogP contribution is -2.17. The minimum atomic E-state index is -0.428. The van der Waals surface area contributed by atoms with Crippen LogP contribution in [0.5, 0.6) is 23.0 Å². The SMILES string of the molecule is COc1cc2cc(C(=O)N/N=C/c3cccc(OC)c3O)[nH]c2cc1OC. The molecule has 0 saturated carbocycles. The Kier molecular flexibility index (Phi) is 5.16. The minimum absolute atomic E-state index is 0.0530. The van der Waals surface area contributed by atoms with Crippen molar-refractivity contribution in [2.75, 3.05) is 21.3 Å². The number of hydrazone groups is 1. The number of fused-ring (bicyclic) bond motifs is 1. The maximum atomic E-state index is 12.3. The maximum Gasteiger partial charge on any atom is 0.287 e. The van der Waals surface area contributed by atoms with Gasteiger partial charge in [-0.2, -0.15) is 5.10 Å². The van der Waals surface area contributed by atoms with E-state index in [1.807, 2.05) is 0 Å². The number of nitrogens with one attached hydrogen (secondary N) is 2. The standard InChI is InChI=1S/C19H19N3O5/c1-25-15-6-4-5-11(18(15)23)10-20-22-19(24)14-7-12-8-16(26-2)17(27-3)9-13(12)21-14/h4-10,21,23H,1-3H3,(H,22,24)/b20-10+. The van der Waals surface area contributed by atoms with Gasteiger partial charge >= 0.3 is 0 Å². The predicted octanol–water partition coefficient (Wildman–Crippen LogP) is 2.66. The van der Waals surface area contributed by atoms with Gasteiger partial charge in [-0.3, -0.25) is 4.79 Å². The van der Waals surface area contributed by atoms with Gasteiger partial charge in [0.15, 0.2) is 23.0 Å². The summed E-state index contributed by atoms with van der Waals surface area (Å²) in [4.78, 5) is 15.3. The summed E-state index contributed by atoms with van der Waals surface area (Å²) in [5.41, 5.74) is 3.89. The smallest absolute Gasteiger partial charge is 0.287 e. The van der Waals surface area contributed by atoms with Crippen LogP contribution < -0.4 is 19.6 Å². The highest BCUT2D eigenvalue weighted by Gasteiger charge is 2.12. The topological polar surface area (TPSA) is 105 Å². The number of nitrogens with zero attached hydrogens (tertiary/aromatic N) is 1. The van der Waals surface area contributed by atoms with Gasteiger partial charge in [-0.25, -0.2) is 5.43 Å². The van der Waals surface area contributed by atoms with Gasteiger partial charge in [-0.05, 0) is 24.3 Å². The third kappa shape index (κ3) is 3.64. The lowest BCUT2D eigenvalue weighted by atomic mass is 10.2. The van der Waals surface area contributed by atoms with Crippen molar-refractivity contribution in [2.45, 2.75) is 0 Å². The number of aromatic amines is 1. The van der Waals surface area contributed by atoms with E-state index in [4.69, 9.17) is 14.2 Å². The average Bonchev–Trinajstić information content (AvgIpc) is 3.11. The fraction of sp³-hybridized carbons (Fsp3) is 0.158. The molecule has 3 N–H and O–H groups in total. The van der Waals surface area contributed by atoms with E-state index in [9.17, 15) is 9.90 Å². The quantitative estimate of drug-likeness (QED) is 0.458. The summed E-state index contributed by atoms with van der Waals surface area (Å²) in [6.07, 6.45) is 1.34. The lowest BCUT2D eigenvalue weighted by molar-refractivity contribution is 0.0951. The third-order valence-corrected chi connectivity index (χ3v) is 3.99. The summed E-state index contributed by atoms with van der Waals surface area (Å²) in [6.45, 7) is 0. The maximum absolute atomic E-state index is 12.3. The van der Waals surface area contributed by atoms with E-state index in [1.54, 1.807) is 50.6 Å². The second-order valence-corrected chi connectivity index (χ2v) is 5.57. The summed E-state index contributed by atoms with van der Waals surface area (Å²) in [5.74, 6) is 0.974. The first-order valence-corrected chi connectivity index (χ1v) is 8.01. The van der Waals surface area contributed by atoms with Crippen LogP contribution in [-0.4, -0.2) is 43.5 Å². The summed E-state index contributed by atoms with van der Waals surface area (Å²) in [7, 11) is 4.55. The second kappa shape index (κ2) is 7.69. The number of aromatic nitrogens is 1. The van der Waals surface area contributed by atoms with Crippen molar-refractivity contribution in [3.8, 4) is 23.0 Å². The van der Waals surface area contributed by atoms with E-state index in [0.717, 1.165) is 10.9 Å². The van der Waals surface area contributed by atoms with Crippen molar-refractivity contribution in [1.29, 1.82) is 0 Å². The second-order valence-electron chi connectivity index (χ2n) is 5.57. The number of carbonyl (C=O) groups excluding carboxylic acids is 1. The van der Waals surface area contributed by atoms with Crippen LogP contribution in [0, 0.1) is 0 Å². The van der Waals surface area contributed by atoms with Crippen LogP contribution in [0.2, 0.25) is 0 Å². The van der Waals surface area contributed by atoms with Crippen LogP contribution in [0.15, 0.2) is 41.5 Å². The molecule has 140 valence electrons. The molecule has 1 amide bonds. The number of amides is 1. The van der Waals surface area contributed by atoms with Gasteiger partial charge in [0.05, 0.1) is 27.5 Å². The van der Waals surface area contributed by atoms with Crippen molar-refractivity contribution in [3.63, 3.8) is 0 Å². The summed E-state index contributed by atoms with van der Waals surface area (Å²) < 4.78 is 15.5. The first-order valence-electron chi connectivity index (χ1n) is 8.01. The van der Waals surface area contributed by atoms with Crippen LogP contribution in [0.3, 0.4) is 0 Å². The van der Waals surface area contributed by atoms with Gasteiger partial charge in [-0.1, -0.05) is 6.07 Å². The van der Waals surface area contributed by atoms with E-state index in [1.165, 1.54) is 13.3 Å². The van der Waals surface area contributed by atoms with E-state index in [-0.39, 0.29) is 5.75 Å². The number of benzene rings is 2. The van der Waals surface area contributed by atoms with Crippen molar-refractivity contribution >= 4 is 23.0 Å². The van der Waals surface area contributed by atoms with Crippen molar-refractivity contribution < 1.29 is 24.1 Å². The monoisotopic (exact) mass is 369 g/mol. The molecule has 0 bridgehead atoms. The number of ether oxygens (including phenoxy) is 3. The molecular formula is C19H19N3O5. The largest absolute Gasteiger partial charge is 0.504 e. The molecule has 1 aromatic heterocycles. The molecule has 0 aliphatic carbocycles. The van der Waals surface area contributed by atoms with Gasteiger partial charge in [0, 0.05) is 22.5 Å². The Morgan fingerprint density at radius 3 is 2.48 bits per heavy atom. The molecule has 0 saturated heterocycles. The highest BCUT2D eigenvalue weighted by atomic mass is 16.5. The molecule has 3 rings (SSSR count). The third-order valence-electron chi connectivity index (χ3n) is 3.99. The first-order chi connectivity index (χ1) is 13.1. The normalized spacial score (nSPS) is 10.9. The molecule has 3 aromatic rings. The zero-order valence-electron chi connectivity index (χ0n) is 15.1. The molecule has 0 aliphatic rings. The minimum Gasteiger partial charge on any atom is -0.504 e. The number of para-hydroxylation sites is 1. The Bertz CT molecular complexity index is 969. The Morgan fingerprint density at radius 2 is 1.78 bits per heavy atom. The molecule has 27 heavy (non-hydrogen) atoms. The molecule has 0 atom stereocenters. The molecule has 0 unspecified atom stereocenters. The van der Waals surface area contributed by atoms with Gasteiger partial charge in [0.2, 0.25) is 0 Å². The number of H-pyrrole nitrogens is 1. The van der Waals surface area contributed by atoms with Crippen LogP contribution in [0.1, 0.15) is 16.1 Å². The van der Waals surface area contributed by atoms with Crippen LogP contribution in [0.25, 0.3) is 10.9 Å². The van der Waals surface area contributed by atoms with Crippen LogP contribution >= 0.6 is 0 Å². The zero-order chi connectivity index (χ0) is 19.4. The molecule has 0 spiro atoms. The summed E-state index contributed by atoms with van der Waals surface area (Å²) >= 11 is 0. The van der Waals surface area contributed by atoms with Gasteiger partial charge in [-0.15, -0.1) is 0 Å². The molecule has 0 radical (unpaired) electrons. The van der Waals surface area contributed by atoms with E-state index in [0.29, 0.717) is 28.5 Å². The number of phenolic OH excluding ortho intramolecular Hbond substituents is 1. The molecule has 0 aliphatic heterocycles. The Labute approximate surface area is 155 Å². The summed E-state index contributed by atoms with van der Waals surface area (Å²) in [6, 6.07) is 10.2. The first kappa shape index (κ1) is 18.1. The number of rotatable bonds is 6. The number of methoxy groups -OCH3 is 3. The Morgan fingerprint density at radius 1 is 1.07 bits per heavy atom. The highest BCUT2D eigenvalue weighted by molar-refractivity contribution is 5.99. The summed E-state index contributed by atoms with van der Waals surface area (Å²) in [5, 5.41) is 14.7. The fourth-order valence-electron chi connectivity index (χ4n) is 2.61. The van der Waals surface area contributed by atoms with Gasteiger partial charge in [0.25, 0.3) is 5.91 Å². The van der Waals surface area contributed by atoms with Crippen molar-refractivity contribution in [3.05, 3.63) is 47.7 Å². The predicted molar refractivity (Wildman–Crippen MR) is 101 cm³/mol. The fourth-order valence-corrected chi connectivity index (χ4v) is 2.61. The van der Waals surface area contributed by atoms with Crippen LogP contribution in [-0.2, 0) is 0 Å². The average molecular weight is 369 g/mol. The van der Waals surface area contributed by atoms with Gasteiger partial charge < -0.3 is 24.3 Å². The Balaban J connectivity index is 1.78. The van der Waals surface area contributed by atoms with Gasteiger partial charge in [0.1, 0.15) is 5.69 Å². The molecule has 1 heterocycles. The van der Waals surface area contributed by atoms with Crippen molar-refractivity contribution in [2.24, 2.45) is 5.10 Å². The number of phenols is 1. The Hall–Kier alpha value is -3.68. The molecule has 0 fully saturated rings. The highest BCUT2D eigenvalue weighted by Crippen LogP contribution is 2.32. The van der Waals surface area contributed by atoms with E-state index < -0.39 is 5.91 Å². The number of hydrogen-bond acceptors (Lipinski definition) is 6. The molecule has 8 heteroatoms. The number of carbonyl (C=O) groups is 1. The molecule has 2 aromatic carbocycles.